The largest absolute Gasteiger partial charge is 0.383 e. The maximum Gasteiger partial charge on any atom is 0.330 e. The number of rotatable bonds is 4. The van der Waals surface area contributed by atoms with Crippen molar-refractivity contribution in [3.05, 3.63) is 33.1 Å². The van der Waals surface area contributed by atoms with Crippen LogP contribution in [0.1, 0.15) is 62.3 Å². The maximum absolute atomic E-state index is 13.1. The number of aliphatic hydroxyl groups is 2. The molecule has 8 nitrogen and oxygen atoms in total. The number of nitrogens with zero attached hydrogens (tertiary/aromatic N) is 1. The lowest BCUT2D eigenvalue weighted by Crippen LogP contribution is -2.77. The van der Waals surface area contributed by atoms with Gasteiger partial charge in [-0.15, -0.1) is 0 Å². The van der Waals surface area contributed by atoms with E-state index < -0.39 is 59.1 Å². The highest BCUT2D eigenvalue weighted by molar-refractivity contribution is 6.58. The molecule has 1 aliphatic heterocycles. The topological polar surface area (TPSA) is 114 Å². The zero-order valence-corrected chi connectivity index (χ0v) is 22.4. The molecule has 0 spiro atoms. The lowest BCUT2D eigenvalue weighted by Gasteiger charge is -2.58. The smallest absolute Gasteiger partial charge is 0.330 e. The van der Waals surface area contributed by atoms with Gasteiger partial charge < -0.3 is 19.7 Å². The zero-order chi connectivity index (χ0) is 25.1. The zero-order valence-electron chi connectivity index (χ0n) is 21.4. The van der Waals surface area contributed by atoms with Gasteiger partial charge in [0.1, 0.15) is 26.1 Å². The van der Waals surface area contributed by atoms with Crippen LogP contribution in [0.25, 0.3) is 0 Å². The molecular formula is C23H41N2O6Si. The third-order valence-electron chi connectivity index (χ3n) is 6.56. The molecule has 1 aromatic rings. The Morgan fingerprint density at radius 3 is 1.97 bits per heavy atom. The Balaban J connectivity index is 3.00. The van der Waals surface area contributed by atoms with Gasteiger partial charge in [0, 0.05) is 12.3 Å². The highest BCUT2D eigenvalue weighted by Crippen LogP contribution is 2.63. The predicted octanol–water partition coefficient (Wildman–Crippen LogP) is 2.25. The molecule has 3 N–H and O–H groups in total. The third-order valence-corrected chi connectivity index (χ3v) is 8.63. The minimum atomic E-state index is -1.92. The average Bonchev–Trinajstić information content (AvgIpc) is 2.80. The van der Waals surface area contributed by atoms with Crippen LogP contribution >= 0.6 is 0 Å². The first-order valence-corrected chi connectivity index (χ1v) is 13.6. The first kappa shape index (κ1) is 27.0. The van der Waals surface area contributed by atoms with E-state index in [1.54, 1.807) is 0 Å². The number of aromatic nitrogens is 2. The summed E-state index contributed by atoms with van der Waals surface area (Å²) < 4.78 is 14.0. The SMILES string of the molecule is C[Si](C)[C@@]1(n2ccc(=O)[nH]c2=O)O[C@H](COC(C)(C)C)[C@](O)(C(C)(C)C)[C@]1(O)C(C)(C)C. The fourth-order valence-corrected chi connectivity index (χ4v) is 7.40. The maximum atomic E-state index is 13.1. The van der Waals surface area contributed by atoms with Crippen molar-refractivity contribution in [2.24, 2.45) is 10.8 Å². The summed E-state index contributed by atoms with van der Waals surface area (Å²) in [5.41, 5.74) is -7.25. The summed E-state index contributed by atoms with van der Waals surface area (Å²) in [5, 5.41) is 23.7. The van der Waals surface area contributed by atoms with Crippen molar-refractivity contribution in [2.75, 3.05) is 6.61 Å². The summed E-state index contributed by atoms with van der Waals surface area (Å²) >= 11 is 0. The summed E-state index contributed by atoms with van der Waals surface area (Å²) in [6, 6.07) is 1.23. The molecule has 2 heterocycles. The highest BCUT2D eigenvalue weighted by atomic mass is 28.3. The van der Waals surface area contributed by atoms with Crippen LogP contribution in [0.2, 0.25) is 13.1 Å². The number of hydrogen-bond acceptors (Lipinski definition) is 6. The van der Waals surface area contributed by atoms with Crippen LogP contribution in [0.4, 0.5) is 0 Å². The van der Waals surface area contributed by atoms with Crippen molar-refractivity contribution < 1.29 is 19.7 Å². The molecular weight excluding hydrogens is 428 g/mol. The molecule has 0 unspecified atom stereocenters. The van der Waals surface area contributed by atoms with Crippen LogP contribution < -0.4 is 11.2 Å². The molecule has 0 aromatic carbocycles. The Morgan fingerprint density at radius 1 is 1.06 bits per heavy atom. The monoisotopic (exact) mass is 469 g/mol. The number of ether oxygens (including phenoxy) is 2. The summed E-state index contributed by atoms with van der Waals surface area (Å²) in [7, 11) is -1.71. The Morgan fingerprint density at radius 2 is 1.59 bits per heavy atom. The summed E-state index contributed by atoms with van der Waals surface area (Å²) in [4.78, 5) is 27.2. The molecule has 1 fully saturated rings. The average molecular weight is 470 g/mol. The molecule has 1 aliphatic rings. The van der Waals surface area contributed by atoms with E-state index in [1.807, 2.05) is 75.4 Å². The molecule has 183 valence electrons. The number of H-pyrrole nitrogens is 1. The summed E-state index contributed by atoms with van der Waals surface area (Å²) in [5.74, 6) is 0. The fraction of sp³-hybridized carbons (Fsp3) is 0.826. The second-order valence-electron chi connectivity index (χ2n) is 12.1. The van der Waals surface area contributed by atoms with E-state index in [-0.39, 0.29) is 6.61 Å². The molecule has 0 amide bonds. The first-order chi connectivity index (χ1) is 14.2. The molecule has 0 bridgehead atoms. The Bertz CT molecular complexity index is 951. The minimum Gasteiger partial charge on any atom is -0.383 e. The van der Waals surface area contributed by atoms with Crippen LogP contribution in [0, 0.1) is 10.8 Å². The van der Waals surface area contributed by atoms with Gasteiger partial charge in [-0.05, 0) is 31.6 Å². The number of aromatic amines is 1. The van der Waals surface area contributed by atoms with Gasteiger partial charge in [-0.25, -0.2) is 4.79 Å². The van der Waals surface area contributed by atoms with Gasteiger partial charge in [0.05, 0.1) is 12.2 Å². The van der Waals surface area contributed by atoms with Gasteiger partial charge >= 0.3 is 5.69 Å². The molecule has 1 radical (unpaired) electrons. The molecule has 0 saturated carbocycles. The predicted molar refractivity (Wildman–Crippen MR) is 126 cm³/mol. The fourth-order valence-electron chi connectivity index (χ4n) is 5.07. The van der Waals surface area contributed by atoms with E-state index in [4.69, 9.17) is 9.47 Å². The number of hydrogen-bond donors (Lipinski definition) is 3. The van der Waals surface area contributed by atoms with Crippen molar-refractivity contribution in [3.8, 4) is 0 Å². The number of nitrogens with one attached hydrogen (secondary N) is 1. The second-order valence-corrected chi connectivity index (χ2v) is 14.8. The molecule has 4 atom stereocenters. The van der Waals surface area contributed by atoms with Crippen LogP contribution in [-0.4, -0.2) is 58.1 Å². The lowest BCUT2D eigenvalue weighted by molar-refractivity contribution is -0.258. The van der Waals surface area contributed by atoms with Crippen LogP contribution in [0.5, 0.6) is 0 Å². The van der Waals surface area contributed by atoms with E-state index in [2.05, 4.69) is 4.98 Å². The normalized spacial score (nSPS) is 32.0. The van der Waals surface area contributed by atoms with Gasteiger partial charge in [-0.1, -0.05) is 54.6 Å². The Kier molecular flexibility index (Phi) is 6.67. The molecule has 32 heavy (non-hydrogen) atoms. The van der Waals surface area contributed by atoms with Gasteiger partial charge in [0.2, 0.25) is 0 Å². The quantitative estimate of drug-likeness (QED) is 0.583. The summed E-state index contributed by atoms with van der Waals surface area (Å²) in [6.45, 7) is 20.6. The van der Waals surface area contributed by atoms with Crippen molar-refractivity contribution in [1.29, 1.82) is 0 Å². The van der Waals surface area contributed by atoms with Gasteiger partial charge in [-0.2, -0.15) is 0 Å². The molecule has 1 saturated heterocycles. The summed E-state index contributed by atoms with van der Waals surface area (Å²) in [6.07, 6.45) is 0.413. The first-order valence-electron chi connectivity index (χ1n) is 11.1. The van der Waals surface area contributed by atoms with E-state index in [9.17, 15) is 19.8 Å². The highest BCUT2D eigenvalue weighted by Gasteiger charge is 2.81. The van der Waals surface area contributed by atoms with E-state index in [0.717, 1.165) is 0 Å². The van der Waals surface area contributed by atoms with Crippen LogP contribution in [0.3, 0.4) is 0 Å². The molecule has 1 aromatic heterocycles. The Labute approximate surface area is 192 Å². The van der Waals surface area contributed by atoms with Gasteiger partial charge in [0.25, 0.3) is 5.56 Å². The molecule has 9 heteroatoms. The second kappa shape index (κ2) is 7.90. The minimum absolute atomic E-state index is 0.0185. The van der Waals surface area contributed by atoms with Crippen molar-refractivity contribution >= 4 is 8.80 Å². The van der Waals surface area contributed by atoms with E-state index in [1.165, 1.54) is 16.8 Å². The van der Waals surface area contributed by atoms with Crippen molar-refractivity contribution in [1.82, 2.24) is 9.55 Å². The Hall–Kier alpha value is -1.26. The van der Waals surface area contributed by atoms with Gasteiger partial charge in [-0.3, -0.25) is 14.3 Å². The molecule has 0 aliphatic carbocycles. The standard InChI is InChI=1S/C23H41N2O6Si/c1-18(2,3)21(28)15(14-30-20(7,8)9)31-23(32(10)11,22(21,29)19(4,5)6)25-13-12-16(26)24-17(25)27/h12-13,15,28-29H,14H2,1-11H3,(H,24,26,27)/t15-,21+,22-,23+/m1/s1. The van der Waals surface area contributed by atoms with Crippen molar-refractivity contribution in [2.45, 2.75) is 104 Å². The van der Waals surface area contributed by atoms with E-state index in [0.29, 0.717) is 0 Å². The lowest BCUT2D eigenvalue weighted by atomic mass is 9.56. The van der Waals surface area contributed by atoms with Crippen LogP contribution in [-0.2, 0) is 14.8 Å². The van der Waals surface area contributed by atoms with E-state index >= 15 is 0 Å². The molecule has 2 rings (SSSR count). The van der Waals surface area contributed by atoms with Crippen molar-refractivity contribution in [3.63, 3.8) is 0 Å². The van der Waals surface area contributed by atoms with Gasteiger partial charge in [0.15, 0.2) is 5.35 Å². The van der Waals surface area contributed by atoms with Crippen LogP contribution in [0.15, 0.2) is 21.9 Å². The third kappa shape index (κ3) is 3.75.